The molecule has 4 nitrogen and oxygen atoms in total. The van der Waals surface area contributed by atoms with Gasteiger partial charge in [0.2, 0.25) is 0 Å². The second-order valence-electron chi connectivity index (χ2n) is 4.37. The molecule has 0 aliphatic carbocycles. The third-order valence-corrected chi connectivity index (χ3v) is 4.36. The minimum absolute atomic E-state index is 0.0294. The van der Waals surface area contributed by atoms with Crippen LogP contribution in [0.5, 0.6) is 0 Å². The predicted molar refractivity (Wildman–Crippen MR) is 82.5 cm³/mol. The number of aromatic nitrogens is 2. The molecule has 2 aromatic rings. The molecule has 0 saturated carbocycles. The van der Waals surface area contributed by atoms with Crippen LogP contribution in [0.25, 0.3) is 0 Å². The van der Waals surface area contributed by atoms with Gasteiger partial charge in [-0.3, -0.25) is 4.68 Å². The third-order valence-electron chi connectivity index (χ3n) is 3.14. The Kier molecular flexibility index (Phi) is 4.50. The fourth-order valence-electron chi connectivity index (χ4n) is 1.91. The van der Waals surface area contributed by atoms with E-state index in [1.165, 1.54) is 0 Å². The molecule has 0 bridgehead atoms. The monoisotopic (exact) mass is 342 g/mol. The van der Waals surface area contributed by atoms with Crippen LogP contribution in [0.1, 0.15) is 17.3 Å². The van der Waals surface area contributed by atoms with Gasteiger partial charge in [-0.05, 0) is 41.1 Å². The summed E-state index contributed by atoms with van der Waals surface area (Å²) in [5.74, 6) is 0. The Morgan fingerprint density at radius 3 is 2.79 bits per heavy atom. The van der Waals surface area contributed by atoms with E-state index in [-0.39, 0.29) is 6.04 Å². The summed E-state index contributed by atoms with van der Waals surface area (Å²) in [4.78, 5) is 0. The Hall–Kier alpha value is -1.04. The molecule has 0 saturated heterocycles. The predicted octanol–water partition coefficient (Wildman–Crippen LogP) is 3.26. The van der Waals surface area contributed by atoms with Gasteiger partial charge in [0.25, 0.3) is 0 Å². The van der Waals surface area contributed by atoms with Gasteiger partial charge in [-0.15, -0.1) is 0 Å². The first-order valence-electron chi connectivity index (χ1n) is 5.93. The van der Waals surface area contributed by atoms with Crippen molar-refractivity contribution in [3.05, 3.63) is 45.1 Å². The molecule has 6 heteroatoms. The van der Waals surface area contributed by atoms with Crippen LogP contribution in [0.2, 0.25) is 5.02 Å². The topological polar surface area (TPSA) is 55.9 Å². The van der Waals surface area contributed by atoms with Gasteiger partial charge in [-0.1, -0.05) is 11.6 Å². The lowest BCUT2D eigenvalue weighted by Crippen LogP contribution is -2.21. The first-order valence-corrected chi connectivity index (χ1v) is 7.10. The zero-order valence-electron chi connectivity index (χ0n) is 10.8. The highest BCUT2D eigenvalue weighted by Crippen LogP contribution is 2.28. The molecule has 1 unspecified atom stereocenters. The van der Waals surface area contributed by atoms with Gasteiger partial charge >= 0.3 is 0 Å². The van der Waals surface area contributed by atoms with Crippen LogP contribution in [0.4, 0.5) is 5.69 Å². The summed E-state index contributed by atoms with van der Waals surface area (Å²) >= 11 is 9.40. The van der Waals surface area contributed by atoms with E-state index < -0.39 is 0 Å². The van der Waals surface area contributed by atoms with Gasteiger partial charge in [0.15, 0.2) is 0 Å². The fraction of sp³-hybridized carbons (Fsp3) is 0.308. The Balaban J connectivity index is 2.24. The normalized spacial score (nSPS) is 12.5. The van der Waals surface area contributed by atoms with E-state index >= 15 is 0 Å². The molecular formula is C13H16BrClN4. The van der Waals surface area contributed by atoms with Gasteiger partial charge in [0.1, 0.15) is 0 Å². The Morgan fingerprint density at radius 2 is 2.26 bits per heavy atom. The zero-order valence-corrected chi connectivity index (χ0v) is 13.2. The number of aryl methyl sites for hydroxylation is 1. The van der Waals surface area contributed by atoms with E-state index in [2.05, 4.69) is 26.3 Å². The van der Waals surface area contributed by atoms with E-state index in [4.69, 9.17) is 17.3 Å². The summed E-state index contributed by atoms with van der Waals surface area (Å²) in [6.45, 7) is 2.53. The zero-order chi connectivity index (χ0) is 14.0. The number of hydrogen-bond donors (Lipinski definition) is 2. The lowest BCUT2D eigenvalue weighted by atomic mass is 10.1. The number of rotatable bonds is 4. The number of nitrogens with two attached hydrogens (primary N) is 1. The molecule has 1 aromatic carbocycles. The number of hydrogen-bond acceptors (Lipinski definition) is 3. The van der Waals surface area contributed by atoms with Crippen LogP contribution in [0.3, 0.4) is 0 Å². The summed E-state index contributed by atoms with van der Waals surface area (Å²) in [6.07, 6.45) is 1.85. The number of anilines is 1. The van der Waals surface area contributed by atoms with E-state index in [1.807, 2.05) is 43.0 Å². The summed E-state index contributed by atoms with van der Waals surface area (Å²) in [7, 11) is 1.92. The standard InChI is InChI=1S/C13H16BrClN4/c1-8-10(7-17-19(8)2)13(6-16)18-9-3-4-12(15)11(14)5-9/h3-5,7,13,18H,6,16H2,1-2H3. The minimum Gasteiger partial charge on any atom is -0.377 e. The highest BCUT2D eigenvalue weighted by atomic mass is 79.9. The van der Waals surface area contributed by atoms with Crippen molar-refractivity contribution in [2.75, 3.05) is 11.9 Å². The van der Waals surface area contributed by atoms with E-state index in [1.54, 1.807) is 0 Å². The van der Waals surface area contributed by atoms with Crippen molar-refractivity contribution in [3.63, 3.8) is 0 Å². The molecule has 0 amide bonds. The van der Waals surface area contributed by atoms with Gasteiger partial charge in [-0.25, -0.2) is 0 Å². The quantitative estimate of drug-likeness (QED) is 0.896. The molecule has 1 heterocycles. The summed E-state index contributed by atoms with van der Waals surface area (Å²) < 4.78 is 2.70. The van der Waals surface area contributed by atoms with Gasteiger partial charge in [-0.2, -0.15) is 5.10 Å². The first-order chi connectivity index (χ1) is 9.02. The molecule has 1 aromatic heterocycles. The van der Waals surface area contributed by atoms with Crippen LogP contribution in [0.15, 0.2) is 28.9 Å². The van der Waals surface area contributed by atoms with Gasteiger partial charge < -0.3 is 11.1 Å². The van der Waals surface area contributed by atoms with Crippen molar-refractivity contribution in [3.8, 4) is 0 Å². The SMILES string of the molecule is Cc1c(C(CN)Nc2ccc(Cl)c(Br)c2)cnn1C. The molecular weight excluding hydrogens is 328 g/mol. The molecule has 2 rings (SSSR count). The Bertz CT molecular complexity index is 582. The van der Waals surface area contributed by atoms with E-state index in [0.717, 1.165) is 21.4 Å². The summed E-state index contributed by atoms with van der Waals surface area (Å²) in [5, 5.41) is 8.34. The second kappa shape index (κ2) is 5.94. The molecule has 1 atom stereocenters. The maximum absolute atomic E-state index is 5.98. The molecule has 3 N–H and O–H groups in total. The maximum atomic E-state index is 5.98. The number of nitrogens with one attached hydrogen (secondary N) is 1. The number of benzene rings is 1. The van der Waals surface area contributed by atoms with Crippen molar-refractivity contribution in [2.24, 2.45) is 12.8 Å². The van der Waals surface area contributed by atoms with Crippen molar-refractivity contribution >= 4 is 33.2 Å². The van der Waals surface area contributed by atoms with Crippen molar-refractivity contribution in [1.82, 2.24) is 9.78 Å². The fourth-order valence-corrected chi connectivity index (χ4v) is 2.40. The molecule has 0 aliphatic rings. The third kappa shape index (κ3) is 3.11. The number of nitrogens with zero attached hydrogens (tertiary/aromatic N) is 2. The first kappa shape index (κ1) is 14.4. The Labute approximate surface area is 126 Å². The van der Waals surface area contributed by atoms with Crippen LogP contribution in [-0.2, 0) is 7.05 Å². The number of halogens is 2. The van der Waals surface area contributed by atoms with Crippen molar-refractivity contribution in [2.45, 2.75) is 13.0 Å². The van der Waals surface area contributed by atoms with Crippen LogP contribution < -0.4 is 11.1 Å². The van der Waals surface area contributed by atoms with Gasteiger partial charge in [0, 0.05) is 35.0 Å². The van der Waals surface area contributed by atoms with Crippen LogP contribution in [-0.4, -0.2) is 16.3 Å². The van der Waals surface area contributed by atoms with E-state index in [0.29, 0.717) is 11.6 Å². The van der Waals surface area contributed by atoms with E-state index in [9.17, 15) is 0 Å². The largest absolute Gasteiger partial charge is 0.377 e. The minimum atomic E-state index is 0.0294. The second-order valence-corrected chi connectivity index (χ2v) is 5.63. The lowest BCUT2D eigenvalue weighted by Gasteiger charge is -2.18. The average molecular weight is 344 g/mol. The summed E-state index contributed by atoms with van der Waals surface area (Å²) in [5.41, 5.74) is 9.04. The van der Waals surface area contributed by atoms with Crippen molar-refractivity contribution in [1.29, 1.82) is 0 Å². The molecule has 19 heavy (non-hydrogen) atoms. The maximum Gasteiger partial charge on any atom is 0.0669 e. The molecule has 102 valence electrons. The molecule has 0 radical (unpaired) electrons. The lowest BCUT2D eigenvalue weighted by molar-refractivity contribution is 0.728. The highest BCUT2D eigenvalue weighted by Gasteiger charge is 2.15. The van der Waals surface area contributed by atoms with Crippen molar-refractivity contribution < 1.29 is 0 Å². The van der Waals surface area contributed by atoms with Crippen LogP contribution >= 0.6 is 27.5 Å². The summed E-state index contributed by atoms with van der Waals surface area (Å²) in [6, 6.07) is 5.75. The smallest absolute Gasteiger partial charge is 0.0669 e. The molecule has 0 spiro atoms. The van der Waals surface area contributed by atoms with Gasteiger partial charge in [0.05, 0.1) is 17.3 Å². The highest BCUT2D eigenvalue weighted by molar-refractivity contribution is 9.10. The molecule has 0 aliphatic heterocycles. The Morgan fingerprint density at radius 1 is 1.53 bits per heavy atom. The molecule has 0 fully saturated rings. The van der Waals surface area contributed by atoms with Crippen LogP contribution in [0, 0.1) is 6.92 Å². The average Bonchev–Trinajstić information content (AvgIpc) is 2.72.